The van der Waals surface area contributed by atoms with Gasteiger partial charge in [-0.1, -0.05) is 36.4 Å². The van der Waals surface area contributed by atoms with Crippen molar-refractivity contribution >= 4 is 42.2 Å². The van der Waals surface area contributed by atoms with Crippen LogP contribution in [0, 0.1) is 0 Å². The number of anilines is 2. The van der Waals surface area contributed by atoms with Crippen molar-refractivity contribution in [2.75, 3.05) is 36.4 Å². The first-order chi connectivity index (χ1) is 13.8. The summed E-state index contributed by atoms with van der Waals surface area (Å²) < 4.78 is 0. The van der Waals surface area contributed by atoms with Crippen molar-refractivity contribution in [2.45, 2.75) is 6.42 Å². The summed E-state index contributed by atoms with van der Waals surface area (Å²) in [5.41, 5.74) is 6.31. The average molecular weight is 443 g/mol. The summed E-state index contributed by atoms with van der Waals surface area (Å²) in [6.07, 6.45) is 2.57. The number of pyridine rings is 1. The van der Waals surface area contributed by atoms with Crippen molar-refractivity contribution in [3.8, 4) is 11.1 Å². The van der Waals surface area contributed by atoms with Crippen molar-refractivity contribution in [1.29, 1.82) is 0 Å². The maximum atomic E-state index is 13.1. The number of halogens is 2. The number of piperazine rings is 1. The predicted octanol–water partition coefficient (Wildman–Crippen LogP) is 4.16. The molecule has 156 valence electrons. The smallest absolute Gasteiger partial charge is 0.255 e. The Kier molecular flexibility index (Phi) is 6.98. The SMILES string of the molecule is Cl.Cl.O=C(Nc1ccnc(N2CCNCC2)c1)c1cccc2c1Cc1ccccc1-2. The summed E-state index contributed by atoms with van der Waals surface area (Å²) in [5, 5.41) is 6.42. The number of hydrogen-bond donors (Lipinski definition) is 2. The van der Waals surface area contributed by atoms with Gasteiger partial charge in [-0.2, -0.15) is 0 Å². The van der Waals surface area contributed by atoms with Crippen molar-refractivity contribution in [2.24, 2.45) is 0 Å². The number of amides is 1. The summed E-state index contributed by atoms with van der Waals surface area (Å²) in [5.74, 6) is 0.840. The molecule has 2 aromatic carbocycles. The molecule has 0 saturated carbocycles. The van der Waals surface area contributed by atoms with Crippen LogP contribution in [-0.2, 0) is 6.42 Å². The second-order valence-corrected chi connectivity index (χ2v) is 7.26. The highest BCUT2D eigenvalue weighted by Gasteiger charge is 2.23. The molecule has 5 nitrogen and oxygen atoms in total. The van der Waals surface area contributed by atoms with Crippen LogP contribution in [0.3, 0.4) is 0 Å². The van der Waals surface area contributed by atoms with Crippen molar-refractivity contribution in [3.05, 3.63) is 77.5 Å². The minimum Gasteiger partial charge on any atom is -0.354 e. The minimum atomic E-state index is -0.0675. The molecule has 0 unspecified atom stereocenters. The summed E-state index contributed by atoms with van der Waals surface area (Å²) in [4.78, 5) is 19.8. The third kappa shape index (κ3) is 4.15. The molecule has 0 bridgehead atoms. The molecule has 2 heterocycles. The fourth-order valence-corrected chi connectivity index (χ4v) is 4.13. The van der Waals surface area contributed by atoms with Crippen LogP contribution < -0.4 is 15.5 Å². The number of carbonyl (C=O) groups is 1. The number of nitrogens with one attached hydrogen (secondary N) is 2. The number of aromatic nitrogens is 1. The fourth-order valence-electron chi connectivity index (χ4n) is 4.13. The summed E-state index contributed by atoms with van der Waals surface area (Å²) in [7, 11) is 0. The Hall–Kier alpha value is -2.60. The van der Waals surface area contributed by atoms with E-state index in [1.807, 2.05) is 24.3 Å². The molecule has 2 N–H and O–H groups in total. The average Bonchev–Trinajstić information content (AvgIpc) is 3.13. The van der Waals surface area contributed by atoms with E-state index in [0.29, 0.717) is 0 Å². The lowest BCUT2D eigenvalue weighted by atomic mass is 10.0. The monoisotopic (exact) mass is 442 g/mol. The first-order valence-corrected chi connectivity index (χ1v) is 9.73. The Balaban J connectivity index is 0.00000128. The number of benzene rings is 2. The van der Waals surface area contributed by atoms with E-state index >= 15 is 0 Å². The molecule has 1 saturated heterocycles. The minimum absolute atomic E-state index is 0. The van der Waals surface area contributed by atoms with Gasteiger partial charge in [0.1, 0.15) is 5.82 Å². The lowest BCUT2D eigenvalue weighted by Crippen LogP contribution is -2.43. The molecule has 0 spiro atoms. The van der Waals surface area contributed by atoms with Gasteiger partial charge in [0.2, 0.25) is 0 Å². The summed E-state index contributed by atoms with van der Waals surface area (Å²) >= 11 is 0. The van der Waals surface area contributed by atoms with Gasteiger partial charge in [0.15, 0.2) is 0 Å². The Morgan fingerprint density at radius 1 is 0.967 bits per heavy atom. The van der Waals surface area contributed by atoms with Crippen LogP contribution >= 0.6 is 24.8 Å². The highest BCUT2D eigenvalue weighted by Crippen LogP contribution is 2.38. The molecule has 1 amide bonds. The van der Waals surface area contributed by atoms with Gasteiger partial charge in [0.05, 0.1) is 0 Å². The number of nitrogens with zero attached hydrogens (tertiary/aromatic N) is 2. The zero-order valence-electron chi connectivity index (χ0n) is 16.4. The van der Waals surface area contributed by atoms with E-state index in [0.717, 1.165) is 55.2 Å². The third-order valence-corrected chi connectivity index (χ3v) is 5.54. The number of carbonyl (C=O) groups excluding carboxylic acids is 1. The van der Waals surface area contributed by atoms with Gasteiger partial charge >= 0.3 is 0 Å². The Morgan fingerprint density at radius 3 is 2.57 bits per heavy atom. The van der Waals surface area contributed by atoms with Crippen LogP contribution in [0.15, 0.2) is 60.8 Å². The Morgan fingerprint density at radius 2 is 1.73 bits per heavy atom. The zero-order chi connectivity index (χ0) is 18.9. The van der Waals surface area contributed by atoms with Crippen LogP contribution in [0.1, 0.15) is 21.5 Å². The van der Waals surface area contributed by atoms with Gasteiger partial charge in [-0.3, -0.25) is 4.79 Å². The quantitative estimate of drug-likeness (QED) is 0.500. The van der Waals surface area contributed by atoms with Crippen LogP contribution in [0.5, 0.6) is 0 Å². The molecule has 30 heavy (non-hydrogen) atoms. The molecule has 2 aliphatic rings. The molecule has 0 atom stereocenters. The van der Waals surface area contributed by atoms with Gasteiger partial charge in [-0.05, 0) is 40.8 Å². The van der Waals surface area contributed by atoms with Crippen molar-refractivity contribution in [1.82, 2.24) is 10.3 Å². The van der Waals surface area contributed by atoms with Gasteiger partial charge in [0.25, 0.3) is 5.91 Å². The highest BCUT2D eigenvalue weighted by atomic mass is 35.5. The lowest BCUT2D eigenvalue weighted by molar-refractivity contribution is 0.102. The first-order valence-electron chi connectivity index (χ1n) is 9.73. The molecule has 1 aromatic heterocycles. The maximum absolute atomic E-state index is 13.1. The van der Waals surface area contributed by atoms with Gasteiger partial charge in [0, 0.05) is 49.7 Å². The molecule has 1 fully saturated rings. The normalized spacial score (nSPS) is 14.1. The summed E-state index contributed by atoms with van der Waals surface area (Å²) in [6.45, 7) is 3.76. The second-order valence-electron chi connectivity index (χ2n) is 7.26. The third-order valence-electron chi connectivity index (χ3n) is 5.54. The van der Waals surface area contributed by atoms with E-state index in [4.69, 9.17) is 0 Å². The number of rotatable bonds is 3. The van der Waals surface area contributed by atoms with Crippen LogP contribution in [0.2, 0.25) is 0 Å². The van der Waals surface area contributed by atoms with E-state index < -0.39 is 0 Å². The van der Waals surface area contributed by atoms with Crippen LogP contribution in [-0.4, -0.2) is 37.1 Å². The molecule has 1 aliphatic carbocycles. The van der Waals surface area contributed by atoms with E-state index in [2.05, 4.69) is 50.8 Å². The number of hydrogen-bond acceptors (Lipinski definition) is 4. The fraction of sp³-hybridized carbons (Fsp3) is 0.217. The van der Waals surface area contributed by atoms with E-state index in [1.165, 1.54) is 16.7 Å². The van der Waals surface area contributed by atoms with Gasteiger partial charge in [-0.15, -0.1) is 24.8 Å². The maximum Gasteiger partial charge on any atom is 0.255 e. The second kappa shape index (κ2) is 9.47. The predicted molar refractivity (Wildman–Crippen MR) is 126 cm³/mol. The lowest BCUT2D eigenvalue weighted by Gasteiger charge is -2.28. The molecular formula is C23H24Cl2N4O. The molecule has 0 radical (unpaired) electrons. The molecule has 1 aliphatic heterocycles. The zero-order valence-corrected chi connectivity index (χ0v) is 18.1. The molecule has 5 rings (SSSR count). The molecule has 7 heteroatoms. The van der Waals surface area contributed by atoms with Gasteiger partial charge in [-0.25, -0.2) is 4.98 Å². The van der Waals surface area contributed by atoms with E-state index in [1.54, 1.807) is 6.20 Å². The highest BCUT2D eigenvalue weighted by molar-refractivity contribution is 6.07. The summed E-state index contributed by atoms with van der Waals surface area (Å²) in [6, 6.07) is 18.2. The molecular weight excluding hydrogens is 419 g/mol. The van der Waals surface area contributed by atoms with Crippen LogP contribution in [0.4, 0.5) is 11.5 Å². The largest absolute Gasteiger partial charge is 0.354 e. The number of fused-ring (bicyclic) bond motifs is 3. The van der Waals surface area contributed by atoms with E-state index in [-0.39, 0.29) is 30.7 Å². The standard InChI is InChI=1S/C23H22N4O.2ClH/c28-23(26-17-8-9-25-22(15-17)27-12-10-24-11-13-27)20-7-3-6-19-18-5-2-1-4-16(18)14-21(19)20;;/h1-9,15,24H,10-14H2,(H,25,26,28);2*1H. The molecule has 3 aromatic rings. The van der Waals surface area contributed by atoms with Gasteiger partial charge < -0.3 is 15.5 Å². The Bertz CT molecular complexity index is 1050. The topological polar surface area (TPSA) is 57.3 Å². The van der Waals surface area contributed by atoms with Crippen molar-refractivity contribution in [3.63, 3.8) is 0 Å². The van der Waals surface area contributed by atoms with Crippen molar-refractivity contribution < 1.29 is 4.79 Å². The van der Waals surface area contributed by atoms with E-state index in [9.17, 15) is 4.79 Å². The Labute approximate surface area is 188 Å². The first kappa shape index (κ1) is 22.1. The van der Waals surface area contributed by atoms with Crippen LogP contribution in [0.25, 0.3) is 11.1 Å².